The second-order valence-corrected chi connectivity index (χ2v) is 5.35. The van der Waals surface area contributed by atoms with Crippen molar-refractivity contribution in [1.29, 1.82) is 0 Å². The minimum absolute atomic E-state index is 0.0985. The number of amides is 2. The number of nitrogens with zero attached hydrogens (tertiary/aromatic N) is 1. The number of fused-ring (bicyclic) bond motifs is 1. The van der Waals surface area contributed by atoms with Gasteiger partial charge in [-0.15, -0.1) is 0 Å². The van der Waals surface area contributed by atoms with E-state index >= 15 is 0 Å². The third kappa shape index (κ3) is 2.73. The largest absolute Gasteiger partial charge is 0.334 e. The lowest BCUT2D eigenvalue weighted by Crippen LogP contribution is -2.51. The maximum atomic E-state index is 12.3. The first kappa shape index (κ1) is 12.5. The van der Waals surface area contributed by atoms with Gasteiger partial charge in [0, 0.05) is 19.1 Å². The van der Waals surface area contributed by atoms with Gasteiger partial charge in [-0.1, -0.05) is 24.3 Å². The van der Waals surface area contributed by atoms with E-state index < -0.39 is 0 Å². The van der Waals surface area contributed by atoms with E-state index in [1.165, 1.54) is 11.1 Å². The van der Waals surface area contributed by atoms with Crippen LogP contribution in [-0.4, -0.2) is 36.6 Å². The molecule has 1 aromatic carbocycles. The number of rotatable bonds is 1. The molecule has 2 aliphatic rings. The van der Waals surface area contributed by atoms with Crippen molar-refractivity contribution in [2.24, 2.45) is 0 Å². The van der Waals surface area contributed by atoms with Crippen molar-refractivity contribution in [2.45, 2.75) is 31.8 Å². The van der Waals surface area contributed by atoms with Gasteiger partial charge in [0.15, 0.2) is 0 Å². The monoisotopic (exact) mass is 259 g/mol. The van der Waals surface area contributed by atoms with Crippen LogP contribution in [0.1, 0.15) is 24.0 Å². The zero-order valence-electron chi connectivity index (χ0n) is 11.2. The van der Waals surface area contributed by atoms with Gasteiger partial charge in [-0.3, -0.25) is 0 Å². The Kier molecular flexibility index (Phi) is 3.69. The summed E-state index contributed by atoms with van der Waals surface area (Å²) in [5.74, 6) is 0. The molecule has 0 aliphatic carbocycles. The van der Waals surface area contributed by atoms with E-state index in [2.05, 4.69) is 28.8 Å². The number of carbonyl (C=O) groups excluding carboxylic acids is 1. The highest BCUT2D eigenvalue weighted by Gasteiger charge is 2.26. The standard InChI is InChI=1S/C15H21N3O/c19-15-17-11-13-4-2-1-3-12(13)7-10-18(15)14-5-8-16-9-6-14/h1-4,14,16H,5-11H2,(H,17,19). The molecule has 4 nitrogen and oxygen atoms in total. The van der Waals surface area contributed by atoms with Crippen LogP contribution in [-0.2, 0) is 13.0 Å². The molecule has 0 aromatic heterocycles. The molecule has 1 fully saturated rings. The summed E-state index contributed by atoms with van der Waals surface area (Å²) in [7, 11) is 0. The quantitative estimate of drug-likeness (QED) is 0.803. The molecule has 0 unspecified atom stereocenters. The van der Waals surface area contributed by atoms with Crippen LogP contribution in [0.2, 0.25) is 0 Å². The normalized spacial score (nSPS) is 21.3. The molecule has 102 valence electrons. The van der Waals surface area contributed by atoms with E-state index in [0.29, 0.717) is 12.6 Å². The Balaban J connectivity index is 1.75. The second kappa shape index (κ2) is 5.61. The number of hydrogen-bond donors (Lipinski definition) is 2. The number of hydrogen-bond acceptors (Lipinski definition) is 2. The smallest absolute Gasteiger partial charge is 0.317 e. The van der Waals surface area contributed by atoms with Crippen molar-refractivity contribution < 1.29 is 4.79 Å². The fourth-order valence-corrected chi connectivity index (χ4v) is 3.06. The Morgan fingerprint density at radius 3 is 2.63 bits per heavy atom. The molecule has 3 rings (SSSR count). The third-order valence-electron chi connectivity index (χ3n) is 4.18. The van der Waals surface area contributed by atoms with Crippen molar-refractivity contribution >= 4 is 6.03 Å². The minimum Gasteiger partial charge on any atom is -0.334 e. The zero-order chi connectivity index (χ0) is 13.1. The molecule has 1 aromatic rings. The Labute approximate surface area is 114 Å². The first-order valence-corrected chi connectivity index (χ1v) is 7.16. The van der Waals surface area contributed by atoms with Crippen LogP contribution in [0, 0.1) is 0 Å². The highest BCUT2D eigenvalue weighted by Crippen LogP contribution is 2.17. The summed E-state index contributed by atoms with van der Waals surface area (Å²) in [6.07, 6.45) is 3.09. The summed E-state index contributed by atoms with van der Waals surface area (Å²) in [4.78, 5) is 14.3. The lowest BCUT2D eigenvalue weighted by atomic mass is 10.0. The molecule has 2 aliphatic heterocycles. The van der Waals surface area contributed by atoms with Crippen molar-refractivity contribution in [3.8, 4) is 0 Å². The van der Waals surface area contributed by atoms with Crippen LogP contribution in [0.15, 0.2) is 24.3 Å². The summed E-state index contributed by atoms with van der Waals surface area (Å²) >= 11 is 0. The van der Waals surface area contributed by atoms with Crippen molar-refractivity contribution in [2.75, 3.05) is 19.6 Å². The predicted octanol–water partition coefficient (Wildman–Crippen LogP) is 1.51. The lowest BCUT2D eigenvalue weighted by molar-refractivity contribution is 0.158. The van der Waals surface area contributed by atoms with Crippen LogP contribution in [0.4, 0.5) is 4.79 Å². The van der Waals surface area contributed by atoms with Crippen LogP contribution in [0.5, 0.6) is 0 Å². The third-order valence-corrected chi connectivity index (χ3v) is 4.18. The van der Waals surface area contributed by atoms with Gasteiger partial charge in [-0.2, -0.15) is 0 Å². The van der Waals surface area contributed by atoms with Gasteiger partial charge in [0.25, 0.3) is 0 Å². The molecule has 4 heteroatoms. The molecule has 1 saturated heterocycles. The van der Waals surface area contributed by atoms with E-state index in [0.717, 1.165) is 38.9 Å². The van der Waals surface area contributed by atoms with E-state index in [9.17, 15) is 4.79 Å². The van der Waals surface area contributed by atoms with E-state index in [-0.39, 0.29) is 6.03 Å². The van der Waals surface area contributed by atoms with E-state index in [1.807, 2.05) is 11.0 Å². The van der Waals surface area contributed by atoms with Gasteiger partial charge in [0.1, 0.15) is 0 Å². The summed E-state index contributed by atoms with van der Waals surface area (Å²) in [5, 5.41) is 6.41. The van der Waals surface area contributed by atoms with Crippen LogP contribution in [0.25, 0.3) is 0 Å². The van der Waals surface area contributed by atoms with E-state index in [4.69, 9.17) is 0 Å². The first-order valence-electron chi connectivity index (χ1n) is 7.16. The van der Waals surface area contributed by atoms with Crippen molar-refractivity contribution in [1.82, 2.24) is 15.5 Å². The van der Waals surface area contributed by atoms with Gasteiger partial charge in [0.05, 0.1) is 0 Å². The van der Waals surface area contributed by atoms with Crippen LogP contribution >= 0.6 is 0 Å². The van der Waals surface area contributed by atoms with Crippen LogP contribution in [0.3, 0.4) is 0 Å². The SMILES string of the molecule is O=C1NCc2ccccc2CCN1C1CCNCC1. The lowest BCUT2D eigenvalue weighted by Gasteiger charge is -2.36. The number of nitrogens with one attached hydrogen (secondary N) is 2. The highest BCUT2D eigenvalue weighted by atomic mass is 16.2. The highest BCUT2D eigenvalue weighted by molar-refractivity contribution is 5.75. The van der Waals surface area contributed by atoms with Crippen LogP contribution < -0.4 is 10.6 Å². The first-order chi connectivity index (χ1) is 9.34. The Morgan fingerprint density at radius 1 is 1.11 bits per heavy atom. The Hall–Kier alpha value is -1.55. The number of piperidine rings is 1. The zero-order valence-corrected chi connectivity index (χ0v) is 11.2. The molecule has 2 amide bonds. The summed E-state index contributed by atoms with van der Waals surface area (Å²) in [6.45, 7) is 3.51. The molecular formula is C15H21N3O. The summed E-state index contributed by atoms with van der Waals surface area (Å²) in [5.41, 5.74) is 2.61. The Morgan fingerprint density at radius 2 is 1.84 bits per heavy atom. The van der Waals surface area contributed by atoms with Gasteiger partial charge in [-0.25, -0.2) is 4.79 Å². The Bertz CT molecular complexity index is 454. The summed E-state index contributed by atoms with van der Waals surface area (Å²) < 4.78 is 0. The fraction of sp³-hybridized carbons (Fsp3) is 0.533. The fourth-order valence-electron chi connectivity index (χ4n) is 3.06. The molecule has 0 bridgehead atoms. The van der Waals surface area contributed by atoms with Crippen molar-refractivity contribution in [3.05, 3.63) is 35.4 Å². The maximum Gasteiger partial charge on any atom is 0.317 e. The molecule has 19 heavy (non-hydrogen) atoms. The van der Waals surface area contributed by atoms with Gasteiger partial charge < -0.3 is 15.5 Å². The molecule has 0 radical (unpaired) electrons. The molecular weight excluding hydrogens is 238 g/mol. The summed E-state index contributed by atoms with van der Waals surface area (Å²) in [6, 6.07) is 8.89. The second-order valence-electron chi connectivity index (χ2n) is 5.35. The average molecular weight is 259 g/mol. The minimum atomic E-state index is 0.0985. The topological polar surface area (TPSA) is 44.4 Å². The average Bonchev–Trinajstić information content (AvgIpc) is 2.45. The number of carbonyl (C=O) groups is 1. The molecule has 0 atom stereocenters. The van der Waals surface area contributed by atoms with Gasteiger partial charge >= 0.3 is 6.03 Å². The molecule has 2 N–H and O–H groups in total. The maximum absolute atomic E-state index is 12.3. The van der Waals surface area contributed by atoms with Gasteiger partial charge in [0.2, 0.25) is 0 Å². The van der Waals surface area contributed by atoms with Crippen molar-refractivity contribution in [3.63, 3.8) is 0 Å². The number of benzene rings is 1. The van der Waals surface area contributed by atoms with Gasteiger partial charge in [-0.05, 0) is 43.5 Å². The molecule has 0 spiro atoms. The molecule has 0 saturated carbocycles. The molecule has 2 heterocycles. The number of urea groups is 1. The predicted molar refractivity (Wildman–Crippen MR) is 75.0 cm³/mol. The van der Waals surface area contributed by atoms with E-state index in [1.54, 1.807) is 0 Å².